The molecule has 1 aromatic rings. The van der Waals surface area contributed by atoms with E-state index in [2.05, 4.69) is 10.3 Å². The Morgan fingerprint density at radius 3 is 3.05 bits per heavy atom. The van der Waals surface area contributed by atoms with E-state index in [1.54, 1.807) is 16.9 Å². The Morgan fingerprint density at radius 2 is 2.40 bits per heavy atom. The highest BCUT2D eigenvalue weighted by Gasteiger charge is 2.31. The van der Waals surface area contributed by atoms with Crippen molar-refractivity contribution in [1.82, 2.24) is 18.9 Å². The summed E-state index contributed by atoms with van der Waals surface area (Å²) in [6.45, 7) is 2.41. The first-order valence-electron chi connectivity index (χ1n) is 6.77. The van der Waals surface area contributed by atoms with Crippen LogP contribution in [0.25, 0.3) is 0 Å². The van der Waals surface area contributed by atoms with Crippen molar-refractivity contribution in [2.24, 2.45) is 5.92 Å². The molecule has 6 nitrogen and oxygen atoms in total. The summed E-state index contributed by atoms with van der Waals surface area (Å²) in [5, 5.41) is 5.01. The second-order valence-electron chi connectivity index (χ2n) is 5.17. The smallest absolute Gasteiger partial charge is 0.282 e. The number of thiazole rings is 1. The zero-order valence-electron chi connectivity index (χ0n) is 11.9. The van der Waals surface area contributed by atoms with E-state index in [-0.39, 0.29) is 0 Å². The van der Waals surface area contributed by atoms with Gasteiger partial charge in [0.15, 0.2) is 0 Å². The molecule has 0 radical (unpaired) electrons. The fraction of sp³-hybridized carbons (Fsp3) is 0.750. The van der Waals surface area contributed by atoms with Crippen LogP contribution in [-0.4, -0.2) is 55.7 Å². The Morgan fingerprint density at radius 1 is 1.60 bits per heavy atom. The highest BCUT2D eigenvalue weighted by molar-refractivity contribution is 7.86. The van der Waals surface area contributed by atoms with Gasteiger partial charge in [0.1, 0.15) is 0 Å². The molecule has 1 atom stereocenters. The van der Waals surface area contributed by atoms with E-state index in [9.17, 15) is 8.42 Å². The molecule has 1 aliphatic rings. The number of hydrogen-bond donors (Lipinski definition) is 1. The lowest BCUT2D eigenvalue weighted by Crippen LogP contribution is -2.47. The van der Waals surface area contributed by atoms with Crippen LogP contribution >= 0.6 is 11.3 Å². The summed E-state index contributed by atoms with van der Waals surface area (Å²) in [4.78, 5) is 4.14. The molecule has 0 aromatic carbocycles. The molecule has 1 N–H and O–H groups in total. The molecule has 1 aliphatic heterocycles. The van der Waals surface area contributed by atoms with Crippen LogP contribution in [0.4, 0.5) is 0 Å². The lowest BCUT2D eigenvalue weighted by molar-refractivity contribution is 0.248. The van der Waals surface area contributed by atoms with Gasteiger partial charge in [-0.3, -0.25) is 0 Å². The SMILES string of the molecule is CNCC1CCCN(S(=O)(=O)N(C)Cc2cscn2)C1. The third-order valence-corrected chi connectivity index (χ3v) is 6.10. The van der Waals surface area contributed by atoms with Gasteiger partial charge in [0.25, 0.3) is 10.2 Å². The molecule has 1 fully saturated rings. The summed E-state index contributed by atoms with van der Waals surface area (Å²) in [5.41, 5.74) is 2.52. The summed E-state index contributed by atoms with van der Waals surface area (Å²) < 4.78 is 28.1. The molecule has 1 saturated heterocycles. The summed E-state index contributed by atoms with van der Waals surface area (Å²) >= 11 is 1.48. The summed E-state index contributed by atoms with van der Waals surface area (Å²) in [6, 6.07) is 0. The normalized spacial score (nSPS) is 21.4. The Hall–Kier alpha value is -0.540. The van der Waals surface area contributed by atoms with Gasteiger partial charge < -0.3 is 5.32 Å². The lowest BCUT2D eigenvalue weighted by Gasteiger charge is -2.34. The molecule has 2 heterocycles. The predicted octanol–water partition coefficient (Wildman–Crippen LogP) is 0.751. The summed E-state index contributed by atoms with van der Waals surface area (Å²) in [6.07, 6.45) is 2.01. The first kappa shape index (κ1) is 15.8. The largest absolute Gasteiger partial charge is 0.319 e. The second-order valence-corrected chi connectivity index (χ2v) is 7.92. The predicted molar refractivity (Wildman–Crippen MR) is 80.7 cm³/mol. The topological polar surface area (TPSA) is 65.5 Å². The fourth-order valence-electron chi connectivity index (χ4n) is 2.51. The van der Waals surface area contributed by atoms with Crippen LogP contribution in [0.2, 0.25) is 0 Å². The second kappa shape index (κ2) is 6.95. The number of nitrogens with zero attached hydrogens (tertiary/aromatic N) is 3. The zero-order valence-corrected chi connectivity index (χ0v) is 13.6. The van der Waals surface area contributed by atoms with Gasteiger partial charge in [-0.05, 0) is 32.4 Å². The number of piperidine rings is 1. The lowest BCUT2D eigenvalue weighted by atomic mass is 10.00. The van der Waals surface area contributed by atoms with Crippen molar-refractivity contribution in [3.63, 3.8) is 0 Å². The van der Waals surface area contributed by atoms with Crippen LogP contribution in [0, 0.1) is 5.92 Å². The van der Waals surface area contributed by atoms with Gasteiger partial charge in [-0.1, -0.05) is 0 Å². The van der Waals surface area contributed by atoms with Crippen LogP contribution in [0.5, 0.6) is 0 Å². The first-order chi connectivity index (χ1) is 9.54. The number of nitrogens with one attached hydrogen (secondary N) is 1. The van der Waals surface area contributed by atoms with Gasteiger partial charge in [-0.2, -0.15) is 17.0 Å². The Labute approximate surface area is 125 Å². The van der Waals surface area contributed by atoms with Crippen LogP contribution in [0.3, 0.4) is 0 Å². The Bertz CT molecular complexity index is 502. The van der Waals surface area contributed by atoms with Crippen molar-refractivity contribution in [3.05, 3.63) is 16.6 Å². The third-order valence-electron chi connectivity index (χ3n) is 3.56. The molecule has 1 aromatic heterocycles. The molecular formula is C12H22N4O2S2. The minimum absolute atomic E-state index is 0.332. The van der Waals surface area contributed by atoms with Crippen molar-refractivity contribution >= 4 is 21.5 Å². The standard InChI is InChI=1S/C12H22N4O2S2/c1-13-6-11-4-3-5-16(7-11)20(17,18)15(2)8-12-9-19-10-14-12/h9-11,13H,3-8H2,1-2H3. The van der Waals surface area contributed by atoms with E-state index < -0.39 is 10.2 Å². The van der Waals surface area contributed by atoms with Gasteiger partial charge in [0.2, 0.25) is 0 Å². The zero-order chi connectivity index (χ0) is 14.6. The molecule has 0 spiro atoms. The molecule has 0 saturated carbocycles. The average molecular weight is 318 g/mol. The van der Waals surface area contributed by atoms with E-state index in [0.29, 0.717) is 25.6 Å². The molecule has 0 amide bonds. The van der Waals surface area contributed by atoms with Gasteiger partial charge >= 0.3 is 0 Å². The van der Waals surface area contributed by atoms with Gasteiger partial charge in [-0.15, -0.1) is 11.3 Å². The van der Waals surface area contributed by atoms with E-state index in [1.165, 1.54) is 15.6 Å². The van der Waals surface area contributed by atoms with Crippen LogP contribution in [-0.2, 0) is 16.8 Å². The molecular weight excluding hydrogens is 296 g/mol. The highest BCUT2D eigenvalue weighted by atomic mass is 32.2. The van der Waals surface area contributed by atoms with Crippen LogP contribution < -0.4 is 5.32 Å². The van der Waals surface area contributed by atoms with Crippen molar-refractivity contribution in [2.75, 3.05) is 33.7 Å². The van der Waals surface area contributed by atoms with Gasteiger partial charge in [-0.25, -0.2) is 4.98 Å². The minimum atomic E-state index is -3.39. The fourth-order valence-corrected chi connectivity index (χ4v) is 4.51. The Kier molecular flexibility index (Phi) is 5.50. The maximum atomic E-state index is 12.6. The third kappa shape index (κ3) is 3.76. The summed E-state index contributed by atoms with van der Waals surface area (Å²) in [7, 11) is 0.140. The number of aromatic nitrogens is 1. The quantitative estimate of drug-likeness (QED) is 0.841. The van der Waals surface area contributed by atoms with Crippen molar-refractivity contribution < 1.29 is 8.42 Å². The molecule has 8 heteroatoms. The monoisotopic (exact) mass is 318 g/mol. The molecule has 2 rings (SSSR count). The maximum absolute atomic E-state index is 12.6. The van der Waals surface area contributed by atoms with E-state index >= 15 is 0 Å². The average Bonchev–Trinajstić information content (AvgIpc) is 2.92. The summed E-state index contributed by atoms with van der Waals surface area (Å²) in [5.74, 6) is 0.399. The van der Waals surface area contributed by atoms with Crippen LogP contribution in [0.15, 0.2) is 10.9 Å². The van der Waals surface area contributed by atoms with Crippen molar-refractivity contribution in [3.8, 4) is 0 Å². The maximum Gasteiger partial charge on any atom is 0.282 e. The van der Waals surface area contributed by atoms with Crippen molar-refractivity contribution in [1.29, 1.82) is 0 Å². The number of hydrogen-bond acceptors (Lipinski definition) is 5. The van der Waals surface area contributed by atoms with E-state index in [1.807, 2.05) is 12.4 Å². The van der Waals surface area contributed by atoms with Gasteiger partial charge in [0.05, 0.1) is 17.7 Å². The Balaban J connectivity index is 2.01. The van der Waals surface area contributed by atoms with Gasteiger partial charge in [0, 0.05) is 25.5 Å². The molecule has 0 aliphatic carbocycles. The molecule has 114 valence electrons. The van der Waals surface area contributed by atoms with E-state index in [0.717, 1.165) is 25.1 Å². The molecule has 1 unspecified atom stereocenters. The number of rotatable bonds is 6. The minimum Gasteiger partial charge on any atom is -0.319 e. The van der Waals surface area contributed by atoms with E-state index in [4.69, 9.17) is 0 Å². The highest BCUT2D eigenvalue weighted by Crippen LogP contribution is 2.21. The first-order valence-corrected chi connectivity index (χ1v) is 9.11. The molecule has 20 heavy (non-hydrogen) atoms. The molecule has 0 bridgehead atoms. The van der Waals surface area contributed by atoms with Crippen LogP contribution in [0.1, 0.15) is 18.5 Å². The van der Waals surface area contributed by atoms with Crippen molar-refractivity contribution in [2.45, 2.75) is 19.4 Å².